The molecule has 1 unspecified atom stereocenters. The van der Waals surface area contributed by atoms with Crippen molar-refractivity contribution in [3.8, 4) is 5.75 Å². The minimum Gasteiger partial charge on any atom is -0.493 e. The summed E-state index contributed by atoms with van der Waals surface area (Å²) in [6.45, 7) is 2.91. The molecule has 0 aromatic heterocycles. The number of rotatable bonds is 2. The van der Waals surface area contributed by atoms with Crippen molar-refractivity contribution in [2.45, 2.75) is 25.8 Å². The fourth-order valence-corrected chi connectivity index (χ4v) is 3.08. The largest absolute Gasteiger partial charge is 0.493 e. The monoisotopic (exact) mass is 331 g/mol. The van der Waals surface area contributed by atoms with Crippen LogP contribution in [0.1, 0.15) is 30.0 Å². The summed E-state index contributed by atoms with van der Waals surface area (Å²) in [6, 6.07) is 14.9. The molecule has 0 saturated carbocycles. The van der Waals surface area contributed by atoms with E-state index in [0.29, 0.717) is 6.04 Å². The highest BCUT2D eigenvalue weighted by Gasteiger charge is 2.21. The number of aryl methyl sites for hydroxylation is 1. The van der Waals surface area contributed by atoms with Crippen molar-refractivity contribution in [2.75, 3.05) is 11.9 Å². The van der Waals surface area contributed by atoms with E-state index in [4.69, 9.17) is 4.74 Å². The zero-order chi connectivity index (χ0) is 13.9. The summed E-state index contributed by atoms with van der Waals surface area (Å²) in [5.41, 5.74) is 3.61. The average molecular weight is 332 g/mol. The number of para-hydroxylation sites is 2. The van der Waals surface area contributed by atoms with Crippen LogP contribution in [-0.2, 0) is 0 Å². The van der Waals surface area contributed by atoms with Crippen molar-refractivity contribution in [3.05, 3.63) is 58.1 Å². The lowest BCUT2D eigenvalue weighted by Gasteiger charge is -2.21. The van der Waals surface area contributed by atoms with Crippen molar-refractivity contribution >= 4 is 21.6 Å². The lowest BCUT2D eigenvalue weighted by Crippen LogP contribution is -2.10. The summed E-state index contributed by atoms with van der Waals surface area (Å²) in [5.74, 6) is 1.05. The van der Waals surface area contributed by atoms with Crippen LogP contribution in [0.25, 0.3) is 0 Å². The normalized spacial score (nSPS) is 17.8. The minimum absolute atomic E-state index is 0.297. The van der Waals surface area contributed by atoms with Crippen LogP contribution < -0.4 is 10.1 Å². The third kappa shape index (κ3) is 2.68. The Morgan fingerprint density at radius 2 is 2.00 bits per heavy atom. The Balaban J connectivity index is 1.95. The molecule has 0 aliphatic carbocycles. The van der Waals surface area contributed by atoms with Gasteiger partial charge in [0.05, 0.1) is 12.6 Å². The summed E-state index contributed by atoms with van der Waals surface area (Å²) in [5, 5.41) is 3.65. The second kappa shape index (κ2) is 5.88. The molecule has 0 bridgehead atoms. The highest BCUT2D eigenvalue weighted by Crippen LogP contribution is 2.37. The fraction of sp³-hybridized carbons (Fsp3) is 0.294. The van der Waals surface area contributed by atoms with Gasteiger partial charge in [0.2, 0.25) is 0 Å². The van der Waals surface area contributed by atoms with E-state index < -0.39 is 0 Å². The molecule has 2 aromatic carbocycles. The number of ether oxygens (including phenoxy) is 1. The second-order valence-corrected chi connectivity index (χ2v) is 6.02. The van der Waals surface area contributed by atoms with Crippen molar-refractivity contribution in [3.63, 3.8) is 0 Å². The number of benzene rings is 2. The Morgan fingerprint density at radius 1 is 1.15 bits per heavy atom. The van der Waals surface area contributed by atoms with Crippen LogP contribution in [0.2, 0.25) is 0 Å². The van der Waals surface area contributed by atoms with E-state index in [1.165, 1.54) is 11.1 Å². The third-order valence-electron chi connectivity index (χ3n) is 3.70. The maximum atomic E-state index is 5.93. The molecule has 20 heavy (non-hydrogen) atoms. The Labute approximate surface area is 128 Å². The molecule has 0 radical (unpaired) electrons. The van der Waals surface area contributed by atoms with Gasteiger partial charge in [-0.2, -0.15) is 0 Å². The molecule has 0 fully saturated rings. The summed E-state index contributed by atoms with van der Waals surface area (Å²) < 4.78 is 7.02. The summed E-state index contributed by atoms with van der Waals surface area (Å²) >= 11 is 3.60. The fourth-order valence-electron chi connectivity index (χ4n) is 2.68. The molecule has 2 nitrogen and oxygen atoms in total. The molecule has 0 saturated heterocycles. The van der Waals surface area contributed by atoms with Crippen molar-refractivity contribution in [1.29, 1.82) is 0 Å². The number of anilines is 1. The molecular formula is C17H18BrNO. The zero-order valence-electron chi connectivity index (χ0n) is 11.5. The molecule has 0 spiro atoms. The van der Waals surface area contributed by atoms with Crippen LogP contribution in [0.5, 0.6) is 5.75 Å². The number of fused-ring (bicyclic) bond motifs is 1. The molecule has 1 N–H and O–H groups in total. The van der Waals surface area contributed by atoms with Gasteiger partial charge in [-0.05, 0) is 53.4 Å². The molecule has 1 aliphatic heterocycles. The lowest BCUT2D eigenvalue weighted by atomic mass is 9.99. The molecular weight excluding hydrogens is 314 g/mol. The predicted molar refractivity (Wildman–Crippen MR) is 86.4 cm³/mol. The van der Waals surface area contributed by atoms with Crippen LogP contribution in [0, 0.1) is 6.92 Å². The molecule has 104 valence electrons. The van der Waals surface area contributed by atoms with Crippen LogP contribution in [-0.4, -0.2) is 6.61 Å². The topological polar surface area (TPSA) is 21.3 Å². The van der Waals surface area contributed by atoms with E-state index in [2.05, 4.69) is 64.6 Å². The minimum atomic E-state index is 0.297. The summed E-state index contributed by atoms with van der Waals surface area (Å²) in [7, 11) is 0. The van der Waals surface area contributed by atoms with E-state index in [-0.39, 0.29) is 0 Å². The quantitative estimate of drug-likeness (QED) is 0.828. The van der Waals surface area contributed by atoms with Crippen LogP contribution in [0.3, 0.4) is 0 Å². The maximum absolute atomic E-state index is 5.93. The Morgan fingerprint density at radius 3 is 2.85 bits per heavy atom. The van der Waals surface area contributed by atoms with Gasteiger partial charge in [-0.3, -0.25) is 0 Å². The van der Waals surface area contributed by atoms with Crippen LogP contribution in [0.15, 0.2) is 46.9 Å². The zero-order valence-corrected chi connectivity index (χ0v) is 13.1. The molecule has 1 atom stereocenters. The van der Waals surface area contributed by atoms with Crippen molar-refractivity contribution in [2.24, 2.45) is 0 Å². The van der Waals surface area contributed by atoms with E-state index in [1.54, 1.807) is 0 Å². The first-order valence-electron chi connectivity index (χ1n) is 6.99. The van der Waals surface area contributed by atoms with Gasteiger partial charge >= 0.3 is 0 Å². The lowest BCUT2D eigenvalue weighted by molar-refractivity contribution is 0.314. The highest BCUT2D eigenvalue weighted by atomic mass is 79.9. The summed E-state index contributed by atoms with van der Waals surface area (Å²) in [4.78, 5) is 0. The standard InChI is InChI=1S/C17H18BrNO/c1-12-6-4-7-13-15(10-5-11-20-17(12)13)19-16-9-3-2-8-14(16)18/h2-4,6-9,15,19H,5,10-11H2,1H3. The third-order valence-corrected chi connectivity index (χ3v) is 4.40. The number of hydrogen-bond acceptors (Lipinski definition) is 2. The van der Waals surface area contributed by atoms with E-state index in [0.717, 1.165) is 35.4 Å². The molecule has 1 heterocycles. The first kappa shape index (κ1) is 13.5. The van der Waals surface area contributed by atoms with Gasteiger partial charge in [0.15, 0.2) is 0 Å². The molecule has 1 aliphatic rings. The van der Waals surface area contributed by atoms with Gasteiger partial charge in [0.1, 0.15) is 5.75 Å². The van der Waals surface area contributed by atoms with Gasteiger partial charge in [0.25, 0.3) is 0 Å². The van der Waals surface area contributed by atoms with E-state index >= 15 is 0 Å². The van der Waals surface area contributed by atoms with E-state index in [9.17, 15) is 0 Å². The average Bonchev–Trinajstić information content (AvgIpc) is 2.65. The summed E-state index contributed by atoms with van der Waals surface area (Å²) in [6.07, 6.45) is 2.15. The Kier molecular flexibility index (Phi) is 3.97. The van der Waals surface area contributed by atoms with Crippen molar-refractivity contribution in [1.82, 2.24) is 0 Å². The molecule has 3 heteroatoms. The van der Waals surface area contributed by atoms with Crippen LogP contribution >= 0.6 is 15.9 Å². The maximum Gasteiger partial charge on any atom is 0.127 e. The number of halogens is 1. The second-order valence-electron chi connectivity index (χ2n) is 5.16. The van der Waals surface area contributed by atoms with Crippen molar-refractivity contribution < 1.29 is 4.74 Å². The molecule has 2 aromatic rings. The molecule has 0 amide bonds. The SMILES string of the molecule is Cc1cccc2c1OCCCC2Nc1ccccc1Br. The predicted octanol–water partition coefficient (Wildman–Crippen LogP) is 5.08. The first-order valence-corrected chi connectivity index (χ1v) is 7.78. The Bertz CT molecular complexity index is 612. The number of nitrogens with one attached hydrogen (secondary N) is 1. The van der Waals surface area contributed by atoms with Gasteiger partial charge in [0, 0.05) is 15.7 Å². The van der Waals surface area contributed by atoms with E-state index in [1.807, 2.05) is 6.07 Å². The van der Waals surface area contributed by atoms with Gasteiger partial charge in [-0.25, -0.2) is 0 Å². The van der Waals surface area contributed by atoms with Crippen LogP contribution in [0.4, 0.5) is 5.69 Å². The number of hydrogen-bond donors (Lipinski definition) is 1. The van der Waals surface area contributed by atoms with Gasteiger partial charge in [-0.1, -0.05) is 30.3 Å². The highest BCUT2D eigenvalue weighted by molar-refractivity contribution is 9.10. The van der Waals surface area contributed by atoms with Gasteiger partial charge in [-0.15, -0.1) is 0 Å². The molecule has 3 rings (SSSR count). The first-order chi connectivity index (χ1) is 9.75. The van der Waals surface area contributed by atoms with Gasteiger partial charge < -0.3 is 10.1 Å². The smallest absolute Gasteiger partial charge is 0.127 e. The Hall–Kier alpha value is -1.48.